The molecule has 3 aromatic rings. The summed E-state index contributed by atoms with van der Waals surface area (Å²) in [5, 5.41) is 16.6. The Morgan fingerprint density at radius 3 is 2.66 bits per heavy atom. The van der Waals surface area contributed by atoms with Crippen molar-refractivity contribution in [3.63, 3.8) is 0 Å². The van der Waals surface area contributed by atoms with E-state index in [9.17, 15) is 4.79 Å². The highest BCUT2D eigenvalue weighted by molar-refractivity contribution is 6.31. The molecule has 0 bridgehead atoms. The molecule has 2 aromatic carbocycles. The first-order valence-electron chi connectivity index (χ1n) is 8.68. The Morgan fingerprint density at radius 1 is 1.14 bits per heavy atom. The summed E-state index contributed by atoms with van der Waals surface area (Å²) in [4.78, 5) is 16.4. The van der Waals surface area contributed by atoms with E-state index in [1.54, 1.807) is 38.4 Å². The molecule has 0 radical (unpaired) electrons. The molecule has 0 aliphatic carbocycles. The number of ether oxygens (including phenoxy) is 1. The topological polar surface area (TPSA) is 127 Å². The number of nitrogens with zero attached hydrogens (tertiary/aromatic N) is 3. The van der Waals surface area contributed by atoms with Crippen LogP contribution in [-0.4, -0.2) is 35.2 Å². The fraction of sp³-hybridized carbons (Fsp3) is 0.158. The summed E-state index contributed by atoms with van der Waals surface area (Å²) in [6.45, 7) is 0.397. The molecule has 9 nitrogen and oxygen atoms in total. The molecule has 0 fully saturated rings. The van der Waals surface area contributed by atoms with Crippen LogP contribution in [0.1, 0.15) is 15.9 Å². The zero-order valence-corrected chi connectivity index (χ0v) is 16.6. The van der Waals surface area contributed by atoms with E-state index in [2.05, 4.69) is 31.1 Å². The number of nitrogens with one attached hydrogen (secondary N) is 3. The van der Waals surface area contributed by atoms with Gasteiger partial charge in [-0.3, -0.25) is 4.79 Å². The smallest absolute Gasteiger partial charge is 0.253 e. The van der Waals surface area contributed by atoms with Gasteiger partial charge < -0.3 is 26.4 Å². The van der Waals surface area contributed by atoms with Crippen molar-refractivity contribution in [2.45, 2.75) is 6.54 Å². The lowest BCUT2D eigenvalue weighted by Gasteiger charge is -2.13. The number of carbonyl (C=O) groups excluding carboxylic acids is 1. The normalized spacial score (nSPS) is 10.3. The van der Waals surface area contributed by atoms with Gasteiger partial charge in [0.15, 0.2) is 11.0 Å². The van der Waals surface area contributed by atoms with Crippen molar-refractivity contribution in [3.8, 4) is 5.75 Å². The molecule has 0 saturated heterocycles. The van der Waals surface area contributed by atoms with Gasteiger partial charge in [0.2, 0.25) is 5.95 Å². The highest BCUT2D eigenvalue weighted by atomic mass is 35.5. The number of anilines is 4. The number of benzene rings is 2. The van der Waals surface area contributed by atoms with E-state index in [4.69, 9.17) is 22.1 Å². The quantitative estimate of drug-likeness (QED) is 0.465. The number of amides is 1. The second kappa shape index (κ2) is 9.18. The van der Waals surface area contributed by atoms with Gasteiger partial charge in [-0.05, 0) is 29.8 Å². The van der Waals surface area contributed by atoms with Crippen molar-refractivity contribution in [1.29, 1.82) is 0 Å². The number of halogens is 1. The maximum atomic E-state index is 12.1. The fourth-order valence-corrected chi connectivity index (χ4v) is 2.71. The molecule has 1 amide bonds. The number of rotatable bonds is 7. The molecule has 0 atom stereocenters. The first kappa shape index (κ1) is 20.3. The van der Waals surface area contributed by atoms with Gasteiger partial charge in [-0.1, -0.05) is 29.8 Å². The molecule has 0 saturated carbocycles. The third-order valence-corrected chi connectivity index (χ3v) is 4.30. The van der Waals surface area contributed by atoms with E-state index in [1.165, 1.54) is 0 Å². The highest BCUT2D eigenvalue weighted by Gasteiger charge is 2.14. The van der Waals surface area contributed by atoms with Crippen molar-refractivity contribution >= 4 is 40.6 Å². The Morgan fingerprint density at radius 2 is 1.93 bits per heavy atom. The van der Waals surface area contributed by atoms with Crippen molar-refractivity contribution in [1.82, 2.24) is 20.5 Å². The lowest BCUT2D eigenvalue weighted by atomic mass is 10.1. The molecule has 150 valence electrons. The number of aromatic nitrogens is 3. The maximum absolute atomic E-state index is 12.1. The second-order valence-electron chi connectivity index (χ2n) is 5.89. The number of hydrogen-bond acceptors (Lipinski definition) is 8. The van der Waals surface area contributed by atoms with Gasteiger partial charge in [-0.2, -0.15) is 4.98 Å². The van der Waals surface area contributed by atoms with Crippen LogP contribution in [0.15, 0.2) is 42.5 Å². The summed E-state index contributed by atoms with van der Waals surface area (Å²) in [5.74, 6) is 0.798. The van der Waals surface area contributed by atoms with Crippen LogP contribution >= 0.6 is 11.6 Å². The van der Waals surface area contributed by atoms with Crippen molar-refractivity contribution < 1.29 is 9.53 Å². The summed E-state index contributed by atoms with van der Waals surface area (Å²) in [6.07, 6.45) is 0. The number of nitrogens with two attached hydrogens (primary N) is 1. The van der Waals surface area contributed by atoms with Crippen LogP contribution in [0.3, 0.4) is 0 Å². The van der Waals surface area contributed by atoms with Gasteiger partial charge in [0, 0.05) is 13.6 Å². The molecular formula is C19H20ClN7O2. The average molecular weight is 414 g/mol. The molecular weight excluding hydrogens is 394 g/mol. The zero-order valence-electron chi connectivity index (χ0n) is 15.9. The van der Waals surface area contributed by atoms with E-state index >= 15 is 0 Å². The van der Waals surface area contributed by atoms with E-state index in [-0.39, 0.29) is 22.8 Å². The Balaban J connectivity index is 1.89. The van der Waals surface area contributed by atoms with Gasteiger partial charge in [0.25, 0.3) is 5.91 Å². The SMILES string of the molecule is CNC(=O)c1ccccc1Nc1nc(Nc2ccc(CN)cc2OC)nnc1Cl. The number of hydrogen-bond donors (Lipinski definition) is 4. The predicted molar refractivity (Wildman–Crippen MR) is 112 cm³/mol. The molecule has 10 heteroatoms. The molecule has 3 rings (SSSR count). The minimum absolute atomic E-state index is 0.0627. The van der Waals surface area contributed by atoms with Gasteiger partial charge in [-0.25, -0.2) is 0 Å². The number of para-hydroxylation sites is 1. The van der Waals surface area contributed by atoms with E-state index in [0.29, 0.717) is 29.2 Å². The Labute approximate surface area is 172 Å². The molecule has 0 aliphatic heterocycles. The van der Waals surface area contributed by atoms with Crippen molar-refractivity contribution in [3.05, 3.63) is 58.7 Å². The first-order valence-corrected chi connectivity index (χ1v) is 9.06. The minimum Gasteiger partial charge on any atom is -0.495 e. The Hall–Kier alpha value is -3.43. The molecule has 1 heterocycles. The fourth-order valence-electron chi connectivity index (χ4n) is 2.58. The van der Waals surface area contributed by atoms with E-state index in [0.717, 1.165) is 5.56 Å². The number of methoxy groups -OCH3 is 1. The third-order valence-electron chi connectivity index (χ3n) is 4.05. The Bertz CT molecular complexity index is 1030. The average Bonchev–Trinajstić information content (AvgIpc) is 2.76. The minimum atomic E-state index is -0.241. The second-order valence-corrected chi connectivity index (χ2v) is 6.25. The summed E-state index contributed by atoms with van der Waals surface area (Å²) < 4.78 is 5.38. The lowest BCUT2D eigenvalue weighted by molar-refractivity contribution is 0.0964. The van der Waals surface area contributed by atoms with Crippen LogP contribution in [-0.2, 0) is 6.54 Å². The van der Waals surface area contributed by atoms with Crippen molar-refractivity contribution in [2.75, 3.05) is 24.8 Å². The van der Waals surface area contributed by atoms with Gasteiger partial charge in [-0.15, -0.1) is 10.2 Å². The molecule has 5 N–H and O–H groups in total. The lowest BCUT2D eigenvalue weighted by Crippen LogP contribution is -2.19. The Kier molecular flexibility index (Phi) is 6.43. The van der Waals surface area contributed by atoms with Gasteiger partial charge >= 0.3 is 0 Å². The summed E-state index contributed by atoms with van der Waals surface area (Å²) in [7, 11) is 3.12. The largest absolute Gasteiger partial charge is 0.495 e. The molecule has 0 aliphatic rings. The summed E-state index contributed by atoms with van der Waals surface area (Å²) in [5.41, 5.74) is 8.21. The highest BCUT2D eigenvalue weighted by Crippen LogP contribution is 2.29. The zero-order chi connectivity index (χ0) is 20.8. The maximum Gasteiger partial charge on any atom is 0.253 e. The predicted octanol–water partition coefficient (Wildman–Crippen LogP) is 2.84. The molecule has 29 heavy (non-hydrogen) atoms. The van der Waals surface area contributed by atoms with Crippen LogP contribution in [0.25, 0.3) is 0 Å². The third kappa shape index (κ3) is 4.71. The van der Waals surface area contributed by atoms with E-state index in [1.807, 2.05) is 18.2 Å². The molecule has 0 spiro atoms. The van der Waals surface area contributed by atoms with Crippen LogP contribution in [0.2, 0.25) is 5.15 Å². The van der Waals surface area contributed by atoms with Crippen LogP contribution in [0.4, 0.5) is 23.1 Å². The standard InChI is InChI=1S/C19H20ClN7O2/c1-22-18(28)12-5-3-4-6-13(12)23-17-16(20)26-27-19(25-17)24-14-8-7-11(10-21)9-15(14)29-2/h3-9H,10,21H2,1-2H3,(H,22,28)(H2,23,24,25,27). The summed E-state index contributed by atoms with van der Waals surface area (Å²) >= 11 is 6.15. The van der Waals surface area contributed by atoms with E-state index < -0.39 is 0 Å². The monoisotopic (exact) mass is 413 g/mol. The summed E-state index contributed by atoms with van der Waals surface area (Å²) in [6, 6.07) is 12.5. The molecule has 0 unspecified atom stereocenters. The molecule has 1 aromatic heterocycles. The van der Waals surface area contributed by atoms with Gasteiger partial charge in [0.1, 0.15) is 5.75 Å². The van der Waals surface area contributed by atoms with Crippen LogP contribution in [0, 0.1) is 0 Å². The van der Waals surface area contributed by atoms with Crippen LogP contribution < -0.4 is 26.4 Å². The number of carbonyl (C=O) groups is 1. The van der Waals surface area contributed by atoms with Crippen molar-refractivity contribution in [2.24, 2.45) is 5.73 Å². The first-order chi connectivity index (χ1) is 14.0. The van der Waals surface area contributed by atoms with Crippen LogP contribution in [0.5, 0.6) is 5.75 Å². The van der Waals surface area contributed by atoms with Gasteiger partial charge in [0.05, 0.1) is 24.0 Å².